The Morgan fingerprint density at radius 1 is 1.67 bits per heavy atom. The van der Waals surface area contributed by atoms with Crippen molar-refractivity contribution in [2.75, 3.05) is 0 Å². The maximum atomic E-state index is 12.1. The fraction of sp³-hybridized carbons (Fsp3) is 0.364. The van der Waals surface area contributed by atoms with Gasteiger partial charge in [-0.1, -0.05) is 0 Å². The Kier molecular flexibility index (Phi) is 3.82. The fourth-order valence-corrected chi connectivity index (χ4v) is 3.41. The zero-order chi connectivity index (χ0) is 13.3. The summed E-state index contributed by atoms with van der Waals surface area (Å²) in [7, 11) is 0. The molecule has 0 aromatic carbocycles. The van der Waals surface area contributed by atoms with Gasteiger partial charge in [-0.25, -0.2) is 0 Å². The van der Waals surface area contributed by atoms with E-state index < -0.39 is 11.9 Å². The molecular formula is C11H11BrN2O3S. The van der Waals surface area contributed by atoms with Crippen LogP contribution in [-0.4, -0.2) is 29.0 Å². The van der Waals surface area contributed by atoms with E-state index in [1.165, 1.54) is 16.2 Å². The number of thiophene rings is 1. The molecule has 0 spiro atoms. The van der Waals surface area contributed by atoms with Gasteiger partial charge in [-0.05, 0) is 22.4 Å². The lowest BCUT2D eigenvalue weighted by Gasteiger charge is -2.24. The lowest BCUT2D eigenvalue weighted by atomic mass is 10.1. The number of carbonyl (C=O) groups is 3. The number of nitrogens with two attached hydrogens (primary N) is 1. The minimum Gasteiger partial charge on any atom is -0.368 e. The van der Waals surface area contributed by atoms with Crippen molar-refractivity contribution in [3.63, 3.8) is 0 Å². The third kappa shape index (κ3) is 2.20. The van der Waals surface area contributed by atoms with Crippen LogP contribution in [0.25, 0.3) is 0 Å². The summed E-state index contributed by atoms with van der Waals surface area (Å²) in [5, 5.41) is 1.76. The molecule has 96 valence electrons. The van der Waals surface area contributed by atoms with E-state index in [-0.39, 0.29) is 18.7 Å². The van der Waals surface area contributed by atoms with Gasteiger partial charge in [0, 0.05) is 23.9 Å². The van der Waals surface area contributed by atoms with Crippen LogP contribution in [0.3, 0.4) is 0 Å². The summed E-state index contributed by atoms with van der Waals surface area (Å²) in [6.45, 7) is 0.366. The normalized spacial score (nSPS) is 15.6. The van der Waals surface area contributed by atoms with Crippen molar-refractivity contribution >= 4 is 45.4 Å². The van der Waals surface area contributed by atoms with Gasteiger partial charge in [-0.3, -0.25) is 9.59 Å². The number of fused-ring (bicyclic) bond motifs is 1. The van der Waals surface area contributed by atoms with Gasteiger partial charge in [0.25, 0.3) is 5.91 Å². The highest BCUT2D eigenvalue weighted by atomic mass is 79.9. The largest absolute Gasteiger partial charge is 0.368 e. The second-order valence-electron chi connectivity index (χ2n) is 4.00. The van der Waals surface area contributed by atoms with Crippen LogP contribution in [0.2, 0.25) is 0 Å². The molecule has 2 rings (SSSR count). The topological polar surface area (TPSA) is 80.5 Å². The van der Waals surface area contributed by atoms with Gasteiger partial charge >= 0.3 is 0 Å². The van der Waals surface area contributed by atoms with Crippen LogP contribution in [-0.2, 0) is 16.1 Å². The van der Waals surface area contributed by atoms with Crippen molar-refractivity contribution in [1.29, 1.82) is 0 Å². The van der Waals surface area contributed by atoms with E-state index >= 15 is 0 Å². The van der Waals surface area contributed by atoms with Gasteiger partial charge < -0.3 is 15.4 Å². The number of primary amides is 1. The molecular weight excluding hydrogens is 320 g/mol. The van der Waals surface area contributed by atoms with E-state index in [2.05, 4.69) is 15.9 Å². The number of hydrogen-bond acceptors (Lipinski definition) is 4. The quantitative estimate of drug-likeness (QED) is 0.826. The zero-order valence-electron chi connectivity index (χ0n) is 9.39. The Morgan fingerprint density at radius 3 is 2.94 bits per heavy atom. The monoisotopic (exact) mass is 330 g/mol. The van der Waals surface area contributed by atoms with Crippen molar-refractivity contribution in [3.05, 3.63) is 20.3 Å². The molecule has 2 amide bonds. The predicted molar refractivity (Wildman–Crippen MR) is 70.2 cm³/mol. The van der Waals surface area contributed by atoms with Crippen LogP contribution in [0.5, 0.6) is 0 Å². The molecule has 7 heteroatoms. The molecule has 18 heavy (non-hydrogen) atoms. The molecule has 1 aromatic rings. The summed E-state index contributed by atoms with van der Waals surface area (Å²) in [6.07, 6.45) is 1.21. The van der Waals surface area contributed by atoms with Gasteiger partial charge in [-0.15, -0.1) is 11.3 Å². The zero-order valence-corrected chi connectivity index (χ0v) is 11.8. The van der Waals surface area contributed by atoms with Crippen LogP contribution in [0, 0.1) is 0 Å². The third-order valence-corrected chi connectivity index (χ3v) is 4.77. The molecule has 5 nitrogen and oxygen atoms in total. The highest BCUT2D eigenvalue weighted by Gasteiger charge is 2.36. The van der Waals surface area contributed by atoms with Crippen LogP contribution >= 0.6 is 27.3 Å². The van der Waals surface area contributed by atoms with E-state index in [1.54, 1.807) is 5.38 Å². The van der Waals surface area contributed by atoms with Crippen molar-refractivity contribution in [2.24, 2.45) is 5.73 Å². The molecule has 0 bridgehead atoms. The highest BCUT2D eigenvalue weighted by Crippen LogP contribution is 2.36. The molecule has 0 aliphatic carbocycles. The molecule has 1 atom stereocenters. The minimum absolute atomic E-state index is 0.193. The van der Waals surface area contributed by atoms with Crippen LogP contribution in [0.1, 0.15) is 28.8 Å². The predicted octanol–water partition coefficient (Wildman–Crippen LogP) is 1.30. The number of rotatable bonds is 5. The average molecular weight is 331 g/mol. The van der Waals surface area contributed by atoms with Gasteiger partial charge in [0.1, 0.15) is 12.3 Å². The van der Waals surface area contributed by atoms with Gasteiger partial charge in [0.2, 0.25) is 5.91 Å². The number of carbonyl (C=O) groups excluding carboxylic acids is 3. The Balaban J connectivity index is 2.22. The number of aldehydes is 1. The maximum Gasteiger partial charge on any atom is 0.256 e. The van der Waals surface area contributed by atoms with Crippen molar-refractivity contribution in [3.8, 4) is 0 Å². The number of halogens is 1. The van der Waals surface area contributed by atoms with Crippen LogP contribution < -0.4 is 5.73 Å². The molecule has 1 aliphatic heterocycles. The number of nitrogens with zero attached hydrogens (tertiary/aromatic N) is 1. The van der Waals surface area contributed by atoms with E-state index in [9.17, 15) is 14.4 Å². The van der Waals surface area contributed by atoms with Gasteiger partial charge in [-0.2, -0.15) is 0 Å². The average Bonchev–Trinajstić information content (AvgIpc) is 2.83. The fourth-order valence-electron chi connectivity index (χ4n) is 2.01. The molecule has 0 fully saturated rings. The molecule has 0 saturated carbocycles. The first-order chi connectivity index (χ1) is 8.56. The van der Waals surface area contributed by atoms with Crippen molar-refractivity contribution in [1.82, 2.24) is 4.90 Å². The van der Waals surface area contributed by atoms with Gasteiger partial charge in [0.15, 0.2) is 0 Å². The van der Waals surface area contributed by atoms with Crippen molar-refractivity contribution < 1.29 is 14.4 Å². The molecule has 0 saturated heterocycles. The highest BCUT2D eigenvalue weighted by molar-refractivity contribution is 9.11. The number of amides is 2. The Bertz CT molecular complexity index is 514. The SMILES string of the molecule is NC(=O)C(CCC=O)N1Cc2c(csc2Br)C1=O. The summed E-state index contributed by atoms with van der Waals surface area (Å²) < 4.78 is 0.895. The summed E-state index contributed by atoms with van der Waals surface area (Å²) in [4.78, 5) is 35.4. The van der Waals surface area contributed by atoms with Crippen molar-refractivity contribution in [2.45, 2.75) is 25.4 Å². The van der Waals surface area contributed by atoms with Crippen LogP contribution in [0.15, 0.2) is 9.17 Å². The second kappa shape index (κ2) is 5.19. The third-order valence-electron chi connectivity index (χ3n) is 2.92. The maximum absolute atomic E-state index is 12.1. The first kappa shape index (κ1) is 13.2. The molecule has 2 N–H and O–H groups in total. The standard InChI is InChI=1S/C11H11BrN2O3S/c12-9-6-4-14(11(17)7(6)5-18-9)8(10(13)16)2-1-3-15/h3,5,8H,1-2,4H2,(H2,13,16). The van der Waals surface area contributed by atoms with Crippen LogP contribution in [0.4, 0.5) is 0 Å². The number of hydrogen-bond donors (Lipinski definition) is 1. The Hall–Kier alpha value is -1.21. The summed E-state index contributed by atoms with van der Waals surface area (Å²) in [5.41, 5.74) is 6.81. The van der Waals surface area contributed by atoms with E-state index in [0.717, 1.165) is 15.6 Å². The van der Waals surface area contributed by atoms with Gasteiger partial charge in [0.05, 0.1) is 9.35 Å². The van der Waals surface area contributed by atoms with E-state index in [1.807, 2.05) is 0 Å². The minimum atomic E-state index is -0.716. The van der Waals surface area contributed by atoms with E-state index in [4.69, 9.17) is 5.73 Å². The lowest BCUT2D eigenvalue weighted by Crippen LogP contribution is -2.45. The Labute approximate surface area is 116 Å². The van der Waals surface area contributed by atoms with E-state index in [0.29, 0.717) is 12.1 Å². The second-order valence-corrected chi connectivity index (χ2v) is 6.19. The molecule has 2 heterocycles. The molecule has 1 aromatic heterocycles. The molecule has 1 unspecified atom stereocenters. The Morgan fingerprint density at radius 2 is 2.39 bits per heavy atom. The molecule has 1 aliphatic rings. The summed E-state index contributed by atoms with van der Waals surface area (Å²) in [5.74, 6) is -0.767. The summed E-state index contributed by atoms with van der Waals surface area (Å²) >= 11 is 4.83. The lowest BCUT2D eigenvalue weighted by molar-refractivity contribution is -0.122. The smallest absolute Gasteiger partial charge is 0.256 e. The summed E-state index contributed by atoms with van der Waals surface area (Å²) in [6, 6.07) is -0.716. The molecule has 0 radical (unpaired) electrons. The first-order valence-electron chi connectivity index (χ1n) is 5.36. The first-order valence-corrected chi connectivity index (χ1v) is 7.03.